The average molecular weight is 248 g/mol. The maximum Gasteiger partial charge on any atom is 0.185 e. The summed E-state index contributed by atoms with van der Waals surface area (Å²) in [5.41, 5.74) is 8.17. The van der Waals surface area contributed by atoms with Crippen LogP contribution in [0.15, 0.2) is 54.6 Å². The Labute approximate surface area is 111 Å². The van der Waals surface area contributed by atoms with Crippen LogP contribution in [-0.2, 0) is 0 Å². The number of nitrogens with zero attached hydrogens (tertiary/aromatic N) is 1. The lowest BCUT2D eigenvalue weighted by Gasteiger charge is -1.97. The Balaban J connectivity index is 2.16. The van der Waals surface area contributed by atoms with Crippen LogP contribution in [0.2, 0.25) is 0 Å². The number of nitriles is 1. The molecule has 0 fully saturated rings. The molecule has 0 heterocycles. The molecule has 19 heavy (non-hydrogen) atoms. The lowest BCUT2D eigenvalue weighted by molar-refractivity contribution is 0.104. The molecular weight excluding hydrogens is 236 g/mol. The highest BCUT2D eigenvalue weighted by molar-refractivity contribution is 6.06. The molecule has 2 aromatic rings. The van der Waals surface area contributed by atoms with E-state index in [1.165, 1.54) is 6.08 Å². The summed E-state index contributed by atoms with van der Waals surface area (Å²) in [7, 11) is 0. The van der Waals surface area contributed by atoms with E-state index in [4.69, 9.17) is 11.0 Å². The Morgan fingerprint density at radius 1 is 1.16 bits per heavy atom. The summed E-state index contributed by atoms with van der Waals surface area (Å²) < 4.78 is 0. The Bertz CT molecular complexity index is 664. The van der Waals surface area contributed by atoms with Gasteiger partial charge in [-0.2, -0.15) is 5.26 Å². The molecule has 0 radical (unpaired) electrons. The number of carbonyl (C=O) groups is 1. The normalized spacial score (nSPS) is 10.3. The summed E-state index contributed by atoms with van der Waals surface area (Å²) in [6, 6.07) is 15.9. The molecule has 92 valence electrons. The quantitative estimate of drug-likeness (QED) is 0.515. The van der Waals surface area contributed by atoms with Crippen LogP contribution >= 0.6 is 0 Å². The van der Waals surface area contributed by atoms with Gasteiger partial charge in [0.05, 0.1) is 11.6 Å². The molecule has 0 amide bonds. The molecule has 0 saturated heterocycles. The fourth-order valence-corrected chi connectivity index (χ4v) is 1.63. The molecule has 0 spiro atoms. The summed E-state index contributed by atoms with van der Waals surface area (Å²) in [6.07, 6.45) is 3.18. The van der Waals surface area contributed by atoms with Gasteiger partial charge in [-0.05, 0) is 48.0 Å². The van der Waals surface area contributed by atoms with E-state index in [1.54, 1.807) is 48.5 Å². The van der Waals surface area contributed by atoms with Crippen molar-refractivity contribution in [1.82, 2.24) is 0 Å². The van der Waals surface area contributed by atoms with Crippen LogP contribution in [0, 0.1) is 11.3 Å². The molecule has 0 aliphatic rings. The van der Waals surface area contributed by atoms with Gasteiger partial charge in [0.15, 0.2) is 5.78 Å². The zero-order valence-electron chi connectivity index (χ0n) is 10.2. The first-order chi connectivity index (χ1) is 9.19. The molecule has 0 aromatic heterocycles. The first kappa shape index (κ1) is 12.6. The first-order valence-electron chi connectivity index (χ1n) is 5.77. The van der Waals surface area contributed by atoms with Gasteiger partial charge in [0.1, 0.15) is 0 Å². The van der Waals surface area contributed by atoms with Gasteiger partial charge in [-0.25, -0.2) is 0 Å². The van der Waals surface area contributed by atoms with Crippen LogP contribution in [0.25, 0.3) is 6.08 Å². The van der Waals surface area contributed by atoms with Crippen LogP contribution in [0.3, 0.4) is 0 Å². The van der Waals surface area contributed by atoms with Crippen molar-refractivity contribution in [2.75, 3.05) is 5.73 Å². The number of allylic oxidation sites excluding steroid dienone is 1. The first-order valence-corrected chi connectivity index (χ1v) is 5.77. The minimum absolute atomic E-state index is 0.0950. The molecular formula is C16H12N2O. The SMILES string of the molecule is N#Cc1cccc(/C=C/C(=O)c2ccc(N)cc2)c1. The predicted octanol–water partition coefficient (Wildman–Crippen LogP) is 3.04. The number of nitrogen functional groups attached to an aromatic ring is 1. The highest BCUT2D eigenvalue weighted by Gasteiger charge is 2.00. The molecule has 0 atom stereocenters. The van der Waals surface area contributed by atoms with Gasteiger partial charge in [-0.1, -0.05) is 18.2 Å². The van der Waals surface area contributed by atoms with E-state index in [2.05, 4.69) is 6.07 Å². The summed E-state index contributed by atoms with van der Waals surface area (Å²) >= 11 is 0. The summed E-state index contributed by atoms with van der Waals surface area (Å²) in [5.74, 6) is -0.0950. The van der Waals surface area contributed by atoms with Gasteiger partial charge < -0.3 is 5.73 Å². The van der Waals surface area contributed by atoms with Crippen LogP contribution < -0.4 is 5.73 Å². The number of ketones is 1. The van der Waals surface area contributed by atoms with E-state index in [9.17, 15) is 4.79 Å². The van der Waals surface area contributed by atoms with Crippen molar-refractivity contribution in [3.8, 4) is 6.07 Å². The second kappa shape index (κ2) is 5.65. The van der Waals surface area contributed by atoms with Gasteiger partial charge in [0, 0.05) is 11.3 Å². The molecule has 0 aliphatic heterocycles. The third-order valence-electron chi connectivity index (χ3n) is 2.64. The van der Waals surface area contributed by atoms with E-state index >= 15 is 0 Å². The number of anilines is 1. The smallest absolute Gasteiger partial charge is 0.185 e. The molecule has 2 N–H and O–H groups in total. The molecule has 2 aromatic carbocycles. The molecule has 0 aliphatic carbocycles. The van der Waals surface area contributed by atoms with Crippen LogP contribution in [0.5, 0.6) is 0 Å². The average Bonchev–Trinajstić information content (AvgIpc) is 2.46. The monoisotopic (exact) mass is 248 g/mol. The van der Waals surface area contributed by atoms with Crippen molar-refractivity contribution in [1.29, 1.82) is 5.26 Å². The van der Waals surface area contributed by atoms with E-state index in [-0.39, 0.29) is 5.78 Å². The second-order valence-corrected chi connectivity index (χ2v) is 4.06. The minimum Gasteiger partial charge on any atom is -0.399 e. The van der Waals surface area contributed by atoms with Gasteiger partial charge in [0.25, 0.3) is 0 Å². The van der Waals surface area contributed by atoms with Crippen LogP contribution in [0.1, 0.15) is 21.5 Å². The van der Waals surface area contributed by atoms with Gasteiger partial charge in [-0.15, -0.1) is 0 Å². The van der Waals surface area contributed by atoms with Crippen molar-refractivity contribution in [3.63, 3.8) is 0 Å². The minimum atomic E-state index is -0.0950. The second-order valence-electron chi connectivity index (χ2n) is 4.06. The summed E-state index contributed by atoms with van der Waals surface area (Å²) in [5, 5.41) is 8.79. The fraction of sp³-hybridized carbons (Fsp3) is 0. The maximum absolute atomic E-state index is 11.9. The highest BCUT2D eigenvalue weighted by atomic mass is 16.1. The number of benzene rings is 2. The number of nitrogens with two attached hydrogens (primary N) is 1. The highest BCUT2D eigenvalue weighted by Crippen LogP contribution is 2.10. The lowest BCUT2D eigenvalue weighted by Crippen LogP contribution is -1.94. The van der Waals surface area contributed by atoms with Crippen molar-refractivity contribution in [3.05, 3.63) is 71.3 Å². The molecule has 0 saturated carbocycles. The third-order valence-corrected chi connectivity index (χ3v) is 2.64. The Kier molecular flexibility index (Phi) is 3.75. The van der Waals surface area contributed by atoms with Crippen LogP contribution in [-0.4, -0.2) is 5.78 Å². The number of hydrogen-bond acceptors (Lipinski definition) is 3. The third kappa shape index (κ3) is 3.30. The van der Waals surface area contributed by atoms with Crippen LogP contribution in [0.4, 0.5) is 5.69 Å². The zero-order valence-corrected chi connectivity index (χ0v) is 10.2. The number of rotatable bonds is 3. The molecule has 0 unspecified atom stereocenters. The molecule has 0 bridgehead atoms. The lowest BCUT2D eigenvalue weighted by atomic mass is 10.1. The zero-order chi connectivity index (χ0) is 13.7. The van der Waals surface area contributed by atoms with E-state index in [1.807, 2.05) is 6.07 Å². The standard InChI is InChI=1S/C16H12N2O/c17-11-13-3-1-2-12(10-13)4-9-16(19)14-5-7-15(18)8-6-14/h1-10H,18H2/b9-4+. The number of carbonyl (C=O) groups excluding carboxylic acids is 1. The van der Waals surface area contributed by atoms with Gasteiger partial charge in [0.2, 0.25) is 0 Å². The van der Waals surface area contributed by atoms with E-state index < -0.39 is 0 Å². The molecule has 3 nitrogen and oxygen atoms in total. The van der Waals surface area contributed by atoms with Crippen molar-refractivity contribution >= 4 is 17.5 Å². The summed E-state index contributed by atoms with van der Waals surface area (Å²) in [4.78, 5) is 11.9. The van der Waals surface area contributed by atoms with Gasteiger partial charge >= 0.3 is 0 Å². The number of hydrogen-bond donors (Lipinski definition) is 1. The topological polar surface area (TPSA) is 66.9 Å². The summed E-state index contributed by atoms with van der Waals surface area (Å²) in [6.45, 7) is 0. The van der Waals surface area contributed by atoms with E-state index in [0.29, 0.717) is 16.8 Å². The largest absolute Gasteiger partial charge is 0.399 e. The maximum atomic E-state index is 11.9. The molecule has 3 heteroatoms. The van der Waals surface area contributed by atoms with Crippen molar-refractivity contribution in [2.24, 2.45) is 0 Å². The van der Waals surface area contributed by atoms with Crippen molar-refractivity contribution in [2.45, 2.75) is 0 Å². The molecule has 2 rings (SSSR count). The van der Waals surface area contributed by atoms with Gasteiger partial charge in [-0.3, -0.25) is 4.79 Å². The van der Waals surface area contributed by atoms with Crippen molar-refractivity contribution < 1.29 is 4.79 Å². The van der Waals surface area contributed by atoms with E-state index in [0.717, 1.165) is 5.56 Å². The fourth-order valence-electron chi connectivity index (χ4n) is 1.63. The Morgan fingerprint density at radius 2 is 1.89 bits per heavy atom. The predicted molar refractivity (Wildman–Crippen MR) is 75.4 cm³/mol. The Hall–Kier alpha value is -2.86. The Morgan fingerprint density at radius 3 is 2.58 bits per heavy atom.